The van der Waals surface area contributed by atoms with E-state index in [1.807, 2.05) is 0 Å². The Kier molecular flexibility index (Phi) is 5.56. The zero-order valence-corrected chi connectivity index (χ0v) is 9.19. The van der Waals surface area contributed by atoms with Gasteiger partial charge in [0.1, 0.15) is 0 Å². The van der Waals surface area contributed by atoms with Crippen LogP contribution in [-0.4, -0.2) is 41.8 Å². The first-order valence-electron chi connectivity index (χ1n) is 4.43. The van der Waals surface area contributed by atoms with Crippen LogP contribution in [0.5, 0.6) is 0 Å². The summed E-state index contributed by atoms with van der Waals surface area (Å²) in [5, 5.41) is 9.53. The summed E-state index contributed by atoms with van der Waals surface area (Å²) in [4.78, 5) is 2.33. The van der Waals surface area contributed by atoms with Gasteiger partial charge in [-0.25, -0.2) is 0 Å². The van der Waals surface area contributed by atoms with Crippen molar-refractivity contribution in [1.29, 1.82) is 0 Å². The minimum atomic E-state index is -0.0773. The molecule has 13 heavy (non-hydrogen) atoms. The first-order chi connectivity index (χ1) is 5.31. The molecule has 4 atom stereocenters. The third-order valence-electron chi connectivity index (χ3n) is 3.09. The van der Waals surface area contributed by atoms with Crippen LogP contribution in [0.3, 0.4) is 0 Å². The maximum absolute atomic E-state index is 9.53. The van der Waals surface area contributed by atoms with Crippen LogP contribution in [0.25, 0.3) is 0 Å². The first-order valence-corrected chi connectivity index (χ1v) is 4.43. The Morgan fingerprint density at radius 2 is 1.92 bits per heavy atom. The molecule has 2 heterocycles. The normalized spacial score (nSPS) is 42.0. The number of hydrogen-bond donors (Lipinski definition) is 2. The van der Waals surface area contributed by atoms with Gasteiger partial charge in [-0.2, -0.15) is 0 Å². The van der Waals surface area contributed by atoms with Gasteiger partial charge in [0.25, 0.3) is 0 Å². The molecule has 0 aromatic rings. The van der Waals surface area contributed by atoms with Crippen LogP contribution in [-0.2, 0) is 0 Å². The molecule has 0 saturated carbocycles. The third-order valence-corrected chi connectivity index (χ3v) is 3.09. The highest BCUT2D eigenvalue weighted by Crippen LogP contribution is 2.30. The Hall–Kier alpha value is 0.460. The summed E-state index contributed by atoms with van der Waals surface area (Å²) in [6.45, 7) is 2.68. The summed E-state index contributed by atoms with van der Waals surface area (Å²) < 4.78 is 0. The van der Waals surface area contributed by atoms with Gasteiger partial charge < -0.3 is 10.8 Å². The molecule has 4 unspecified atom stereocenters. The van der Waals surface area contributed by atoms with Crippen molar-refractivity contribution < 1.29 is 5.11 Å². The van der Waals surface area contributed by atoms with Gasteiger partial charge in [0.05, 0.1) is 6.10 Å². The van der Waals surface area contributed by atoms with E-state index >= 15 is 0 Å². The molecule has 0 aromatic heterocycles. The lowest BCUT2D eigenvalue weighted by Crippen LogP contribution is -2.41. The van der Waals surface area contributed by atoms with Crippen LogP contribution < -0.4 is 5.73 Å². The fourth-order valence-electron chi connectivity index (χ4n) is 2.32. The number of rotatable bonds is 1. The van der Waals surface area contributed by atoms with Crippen molar-refractivity contribution in [3.8, 4) is 0 Å². The first kappa shape index (κ1) is 13.5. The number of piperidine rings is 1. The number of aliphatic hydroxyl groups is 1. The van der Waals surface area contributed by atoms with Gasteiger partial charge in [-0.3, -0.25) is 4.90 Å². The van der Waals surface area contributed by atoms with Gasteiger partial charge in [0.2, 0.25) is 0 Å². The Morgan fingerprint density at radius 1 is 1.23 bits per heavy atom. The van der Waals surface area contributed by atoms with Crippen molar-refractivity contribution in [3.63, 3.8) is 0 Å². The monoisotopic (exact) mass is 228 g/mol. The fraction of sp³-hybridized carbons (Fsp3) is 1.00. The number of fused-ring (bicyclic) bond motifs is 2. The second kappa shape index (κ2) is 5.37. The van der Waals surface area contributed by atoms with E-state index in [0.29, 0.717) is 12.0 Å². The maximum Gasteiger partial charge on any atom is 0.0707 e. The standard InChI is InChI=1S/C8H16N2O.2ClH/c9-3-7-2-1-6-4-10(7)5-8(6)11;;/h6-8,11H,1-5,9H2;2*1H. The molecule has 0 aliphatic carbocycles. The smallest absolute Gasteiger partial charge is 0.0707 e. The molecular weight excluding hydrogens is 211 g/mol. The highest BCUT2D eigenvalue weighted by molar-refractivity contribution is 5.85. The minimum Gasteiger partial charge on any atom is -0.391 e. The number of halogens is 2. The third kappa shape index (κ3) is 2.48. The summed E-state index contributed by atoms with van der Waals surface area (Å²) in [5.74, 6) is 0.540. The molecule has 0 spiro atoms. The van der Waals surface area contributed by atoms with Gasteiger partial charge in [-0.15, -0.1) is 24.8 Å². The van der Waals surface area contributed by atoms with E-state index in [1.54, 1.807) is 0 Å². The highest BCUT2D eigenvalue weighted by atomic mass is 35.5. The predicted molar refractivity (Wildman–Crippen MR) is 57.6 cm³/mol. The summed E-state index contributed by atoms with van der Waals surface area (Å²) >= 11 is 0. The lowest BCUT2D eigenvalue weighted by atomic mass is 9.95. The van der Waals surface area contributed by atoms with E-state index in [4.69, 9.17) is 5.73 Å². The SMILES string of the molecule is Cl.Cl.NCC1CCC2CN1CC2O. The van der Waals surface area contributed by atoms with Gasteiger partial charge in [-0.1, -0.05) is 0 Å². The molecule has 2 saturated heterocycles. The van der Waals surface area contributed by atoms with Gasteiger partial charge >= 0.3 is 0 Å². The van der Waals surface area contributed by atoms with Crippen molar-refractivity contribution in [2.45, 2.75) is 25.0 Å². The molecule has 80 valence electrons. The van der Waals surface area contributed by atoms with Crippen molar-refractivity contribution in [3.05, 3.63) is 0 Å². The minimum absolute atomic E-state index is 0. The van der Waals surface area contributed by atoms with Crippen LogP contribution in [0.15, 0.2) is 0 Å². The second-order valence-corrected chi connectivity index (χ2v) is 3.75. The van der Waals surface area contributed by atoms with Crippen LogP contribution in [0.2, 0.25) is 0 Å². The van der Waals surface area contributed by atoms with Gasteiger partial charge in [-0.05, 0) is 18.8 Å². The molecule has 3 nitrogen and oxygen atoms in total. The molecule has 0 amide bonds. The van der Waals surface area contributed by atoms with E-state index in [-0.39, 0.29) is 30.9 Å². The summed E-state index contributed by atoms with van der Waals surface area (Å²) in [5.41, 5.74) is 5.61. The molecule has 3 N–H and O–H groups in total. The summed E-state index contributed by atoms with van der Waals surface area (Å²) in [7, 11) is 0. The zero-order chi connectivity index (χ0) is 7.84. The maximum atomic E-state index is 9.53. The average molecular weight is 229 g/mol. The number of hydrogen-bond acceptors (Lipinski definition) is 3. The zero-order valence-electron chi connectivity index (χ0n) is 7.56. The molecule has 5 heteroatoms. The van der Waals surface area contributed by atoms with Gasteiger partial charge in [0, 0.05) is 25.7 Å². The van der Waals surface area contributed by atoms with Crippen molar-refractivity contribution >= 4 is 24.8 Å². The molecule has 2 rings (SSSR count). The molecule has 2 aliphatic heterocycles. The molecule has 0 radical (unpaired) electrons. The second-order valence-electron chi connectivity index (χ2n) is 3.75. The quantitative estimate of drug-likeness (QED) is 0.677. The van der Waals surface area contributed by atoms with Crippen LogP contribution in [0.4, 0.5) is 0 Å². The fourth-order valence-corrected chi connectivity index (χ4v) is 2.32. The van der Waals surface area contributed by atoms with E-state index in [1.165, 1.54) is 12.8 Å². The lowest BCUT2D eigenvalue weighted by molar-refractivity contribution is 0.144. The van der Waals surface area contributed by atoms with Crippen LogP contribution in [0.1, 0.15) is 12.8 Å². The van der Waals surface area contributed by atoms with Crippen molar-refractivity contribution in [2.75, 3.05) is 19.6 Å². The molecule has 2 bridgehead atoms. The molecular formula is C8H18Cl2N2O. The van der Waals surface area contributed by atoms with Gasteiger partial charge in [0.15, 0.2) is 0 Å². The lowest BCUT2D eigenvalue weighted by Gasteiger charge is -2.30. The average Bonchev–Trinajstić information content (AvgIpc) is 2.30. The molecule has 2 aliphatic rings. The Bertz CT molecular complexity index is 157. The Balaban J connectivity index is 0.000000720. The number of aliphatic hydroxyl groups excluding tert-OH is 1. The van der Waals surface area contributed by atoms with E-state index in [2.05, 4.69) is 4.90 Å². The summed E-state index contributed by atoms with van der Waals surface area (Å²) in [6, 6.07) is 0.545. The van der Waals surface area contributed by atoms with Crippen molar-refractivity contribution in [2.24, 2.45) is 11.7 Å². The van der Waals surface area contributed by atoms with E-state index < -0.39 is 0 Å². The number of nitrogens with zero attached hydrogens (tertiary/aromatic N) is 1. The van der Waals surface area contributed by atoms with Crippen molar-refractivity contribution in [1.82, 2.24) is 4.90 Å². The Labute approximate surface area is 91.5 Å². The molecule has 2 fully saturated rings. The van der Waals surface area contributed by atoms with Crippen LogP contribution in [0, 0.1) is 5.92 Å². The van der Waals surface area contributed by atoms with Crippen LogP contribution >= 0.6 is 24.8 Å². The topological polar surface area (TPSA) is 49.5 Å². The highest BCUT2D eigenvalue weighted by Gasteiger charge is 2.38. The predicted octanol–water partition coefficient (Wildman–Crippen LogP) is 0.244. The Morgan fingerprint density at radius 3 is 2.54 bits per heavy atom. The summed E-state index contributed by atoms with van der Waals surface area (Å²) in [6.07, 6.45) is 2.27. The largest absolute Gasteiger partial charge is 0.391 e. The van der Waals surface area contributed by atoms with E-state index in [0.717, 1.165) is 19.6 Å². The number of nitrogens with two attached hydrogens (primary N) is 1. The molecule has 0 aromatic carbocycles. The van der Waals surface area contributed by atoms with E-state index in [9.17, 15) is 5.11 Å².